The Morgan fingerprint density at radius 2 is 1.03 bits per heavy atom. The van der Waals surface area contributed by atoms with Crippen LogP contribution in [-0.2, 0) is 67.7 Å². The number of nitrogens with one attached hydrogen (secondary N) is 3. The summed E-state index contributed by atoms with van der Waals surface area (Å²) in [5.41, 5.74) is 9.44. The van der Waals surface area contributed by atoms with E-state index < -0.39 is 0 Å². The summed E-state index contributed by atoms with van der Waals surface area (Å²) >= 11 is 11.9. The minimum atomic E-state index is 0. The summed E-state index contributed by atoms with van der Waals surface area (Å²) in [5, 5.41) is 13.9. The van der Waals surface area contributed by atoms with Gasteiger partial charge in [-0.2, -0.15) is 0 Å². The van der Waals surface area contributed by atoms with Gasteiger partial charge in [-0.15, -0.1) is 0 Å². The average molecular weight is 942 g/mol. The molecular weight excluding hydrogens is 891 g/mol. The van der Waals surface area contributed by atoms with Crippen LogP contribution < -0.4 is 51.2 Å². The van der Waals surface area contributed by atoms with Crippen LogP contribution in [0.15, 0.2) is 60.9 Å². The van der Waals surface area contributed by atoms with Gasteiger partial charge in [0.2, 0.25) is 0 Å². The second-order valence-electron chi connectivity index (χ2n) is 11.2. The summed E-state index contributed by atoms with van der Waals surface area (Å²) in [7, 11) is 0. The first-order valence-electron chi connectivity index (χ1n) is 16.9. The van der Waals surface area contributed by atoms with Crippen LogP contribution in [0.4, 0.5) is 11.4 Å². The van der Waals surface area contributed by atoms with Crippen LogP contribution in [0, 0.1) is 11.8 Å². The Labute approximate surface area is 405 Å². The molecule has 13 nitrogen and oxygen atoms in total. The monoisotopic (exact) mass is 941 g/mol. The van der Waals surface area contributed by atoms with Gasteiger partial charge in [0, 0.05) is 85.1 Å². The molecule has 2 aromatic heterocycles. The number of hydrogen-bond acceptors (Lipinski definition) is 13. The molecule has 2 heterocycles. The predicted octanol–water partition coefficient (Wildman–Crippen LogP) is 2.80. The van der Waals surface area contributed by atoms with E-state index in [0.717, 1.165) is 89.4 Å². The number of pyridine rings is 2. The molecule has 315 valence electrons. The number of aromatic nitrogens is 2. The molecule has 0 saturated heterocycles. The Hall–Kier alpha value is -2.85. The van der Waals surface area contributed by atoms with Gasteiger partial charge in [-0.05, 0) is 86.7 Å². The standard InChI is InChI=1S/C17H22ClN3.C11H12ClN3.C6H10O.6CHO.B.2Mn.Na.H/c18-14-5-6-15-16(7-8-20-17(15)11-14)21-10-9-19-12-13-3-1-2-4-13;12-8-1-2-9-10(15-6-4-13)3-5-14-11(9)7-8;7-5-6-3-1-2-4-6;6*1-2;;;;;/h5-8,11,13,19H,1-4,9-10,12H2,(H,20,21);1-3,5,7H,4,6,13H2,(H,14,15);5-6H,1-4H2;6*1H;;;;;/q;;;6*-1;;2*+3;+1;-1. The van der Waals surface area contributed by atoms with E-state index in [0.29, 0.717) is 17.5 Å². The molecular formula is C40H51BCl2Mn2N6NaO7. The van der Waals surface area contributed by atoms with Gasteiger partial charge in [-0.3, -0.25) is 50.7 Å². The van der Waals surface area contributed by atoms with E-state index in [4.69, 9.17) is 57.7 Å². The van der Waals surface area contributed by atoms with E-state index in [-0.39, 0.29) is 73.5 Å². The number of fused-ring (bicyclic) bond motifs is 2. The van der Waals surface area contributed by atoms with Crippen LogP contribution in [0.3, 0.4) is 0 Å². The summed E-state index contributed by atoms with van der Waals surface area (Å²) in [5.74, 6) is 1.31. The molecule has 0 amide bonds. The molecule has 2 aliphatic carbocycles. The molecule has 0 spiro atoms. The van der Waals surface area contributed by atoms with Crippen LogP contribution >= 0.6 is 23.2 Å². The number of benzene rings is 2. The number of rotatable bonds is 10. The summed E-state index contributed by atoms with van der Waals surface area (Å²) in [4.78, 5) is 65.1. The van der Waals surface area contributed by atoms with Gasteiger partial charge in [0.25, 0.3) is 0 Å². The quantitative estimate of drug-likeness (QED) is 0.0783. The first kappa shape index (κ1) is 70.7. The maximum Gasteiger partial charge on any atom is 3.00 e. The smallest absolute Gasteiger partial charge is 1.00 e. The van der Waals surface area contributed by atoms with E-state index in [1.165, 1.54) is 38.5 Å². The largest absolute Gasteiger partial charge is 3.00 e. The predicted molar refractivity (Wildman–Crippen MR) is 230 cm³/mol. The van der Waals surface area contributed by atoms with Crippen LogP contribution in [-0.4, -0.2) is 98.1 Å². The molecule has 2 aromatic carbocycles. The minimum Gasteiger partial charge on any atom is -1.00 e. The maximum absolute atomic E-state index is 10.0. The Morgan fingerprint density at radius 1 is 0.644 bits per heavy atom. The molecule has 0 unspecified atom stereocenters. The van der Waals surface area contributed by atoms with Crippen LogP contribution in [0.5, 0.6) is 0 Å². The van der Waals surface area contributed by atoms with Crippen molar-refractivity contribution >= 4 is 112 Å². The van der Waals surface area contributed by atoms with Crippen molar-refractivity contribution in [1.29, 1.82) is 0 Å². The first-order valence-corrected chi connectivity index (χ1v) is 17.7. The third kappa shape index (κ3) is 30.8. The molecule has 0 bridgehead atoms. The Bertz CT molecular complexity index is 1570. The summed E-state index contributed by atoms with van der Waals surface area (Å²) in [6, 6.07) is 15.5. The SMILES string of the molecule is Clc1ccc2c(NCCNCC3CCCC3)ccnc2c1.NCCNc1ccnc2cc(Cl)ccc12.O=CC1CCCC1.[B].[CH-]=O.[CH-]=O.[CH-]=O.[CH-]=O.[CH-]=O.[CH-]=O.[H-].[Mn+3].[Mn+3].[Na+]. The molecule has 2 saturated carbocycles. The molecule has 5 N–H and O–H groups in total. The van der Waals surface area contributed by atoms with Crippen molar-refractivity contribution in [1.82, 2.24) is 15.3 Å². The third-order valence-electron chi connectivity index (χ3n) is 7.99. The van der Waals surface area contributed by atoms with Gasteiger partial charge < -0.3 is 56.7 Å². The van der Waals surface area contributed by atoms with Crippen molar-refractivity contribution in [2.24, 2.45) is 17.6 Å². The molecule has 2 aliphatic rings. The van der Waals surface area contributed by atoms with E-state index >= 15 is 0 Å². The molecule has 2 fully saturated rings. The van der Waals surface area contributed by atoms with E-state index in [2.05, 4.69) is 66.7 Å². The second kappa shape index (κ2) is 51.3. The fraction of sp³-hybridized carbons (Fsp3) is 0.375. The molecule has 59 heavy (non-hydrogen) atoms. The van der Waals surface area contributed by atoms with Crippen LogP contribution in [0.25, 0.3) is 21.8 Å². The van der Waals surface area contributed by atoms with Gasteiger partial charge in [0.1, 0.15) is 6.29 Å². The Kier molecular flexibility index (Phi) is 61.5. The second-order valence-corrected chi connectivity index (χ2v) is 12.1. The van der Waals surface area contributed by atoms with E-state index in [9.17, 15) is 4.79 Å². The molecule has 0 atom stereocenters. The molecule has 3 radical (unpaired) electrons. The Balaban J connectivity index is -0.000000102. The molecule has 19 heteroatoms. The molecule has 6 rings (SSSR count). The third-order valence-corrected chi connectivity index (χ3v) is 8.46. The van der Waals surface area contributed by atoms with E-state index in [1.807, 2.05) is 54.7 Å². The van der Waals surface area contributed by atoms with Gasteiger partial charge in [-0.25, -0.2) is 0 Å². The number of anilines is 2. The van der Waals surface area contributed by atoms with Crippen molar-refractivity contribution in [3.05, 3.63) is 71.0 Å². The summed E-state index contributed by atoms with van der Waals surface area (Å²) in [6.45, 7) is 23.9. The van der Waals surface area contributed by atoms with Crippen molar-refractivity contribution in [3.63, 3.8) is 0 Å². The van der Waals surface area contributed by atoms with Crippen molar-refractivity contribution in [2.45, 2.75) is 51.4 Å². The molecule has 0 aliphatic heterocycles. The van der Waals surface area contributed by atoms with Crippen LogP contribution in [0.2, 0.25) is 10.0 Å². The number of carbonyl (C=O) groups is 1. The normalized spacial score (nSPS) is 11.4. The average Bonchev–Trinajstić information content (AvgIpc) is 4.00. The number of nitrogens with zero attached hydrogens (tertiary/aromatic N) is 2. The number of halogens is 2. The van der Waals surface area contributed by atoms with Gasteiger partial charge in [0.15, 0.2) is 0 Å². The van der Waals surface area contributed by atoms with Crippen molar-refractivity contribution in [2.75, 3.05) is 43.4 Å². The topological polar surface area (TPSA) is 207 Å². The fourth-order valence-corrected chi connectivity index (χ4v) is 5.99. The zero-order valence-electron chi connectivity index (χ0n) is 34.1. The number of carbonyl (C=O) groups excluding carboxylic acids is 7. The maximum atomic E-state index is 10.0. The summed E-state index contributed by atoms with van der Waals surface area (Å²) < 4.78 is 0. The van der Waals surface area contributed by atoms with Crippen molar-refractivity contribution < 1.29 is 98.7 Å². The fourth-order valence-electron chi connectivity index (χ4n) is 5.66. The van der Waals surface area contributed by atoms with Crippen LogP contribution in [0.1, 0.15) is 52.8 Å². The zero-order valence-corrected chi connectivity index (χ0v) is 39.0. The number of aldehydes is 1. The Morgan fingerprint density at radius 3 is 1.41 bits per heavy atom. The van der Waals surface area contributed by atoms with E-state index in [1.54, 1.807) is 6.20 Å². The number of nitrogens with two attached hydrogens (primary N) is 1. The summed E-state index contributed by atoms with van der Waals surface area (Å²) in [6.07, 6.45) is 15.1. The van der Waals surface area contributed by atoms with Crippen molar-refractivity contribution in [3.8, 4) is 0 Å². The minimum absolute atomic E-state index is 0. The first-order chi connectivity index (χ1) is 27.1. The van der Waals surface area contributed by atoms with Gasteiger partial charge in [-0.1, -0.05) is 48.9 Å². The number of hydrogen-bond donors (Lipinski definition) is 4. The van der Waals surface area contributed by atoms with Gasteiger partial charge in [0.05, 0.1) is 11.0 Å². The van der Waals surface area contributed by atoms with Gasteiger partial charge >= 0.3 is 63.7 Å². The zero-order chi connectivity index (χ0) is 42.3. The molecule has 4 aromatic rings.